The second kappa shape index (κ2) is 5.26. The van der Waals surface area contributed by atoms with Crippen LogP contribution in [-0.4, -0.2) is 33.9 Å². The van der Waals surface area contributed by atoms with Crippen LogP contribution in [0.5, 0.6) is 0 Å². The van der Waals surface area contributed by atoms with Crippen LogP contribution >= 0.6 is 0 Å². The predicted molar refractivity (Wildman–Crippen MR) is 72.9 cm³/mol. The fourth-order valence-corrected chi connectivity index (χ4v) is 2.65. The monoisotopic (exact) mass is 255 g/mol. The lowest BCUT2D eigenvalue weighted by Gasteiger charge is -2.32. The number of nitrogens with zero attached hydrogens (tertiary/aromatic N) is 2. The molecule has 0 radical (unpaired) electrons. The molecule has 0 bridgehead atoms. The summed E-state index contributed by atoms with van der Waals surface area (Å²) in [4.78, 5) is 21.8. The van der Waals surface area contributed by atoms with Crippen LogP contribution in [0, 0.1) is 0 Å². The number of hydrogen-bond acceptors (Lipinski definition) is 2. The molecule has 1 aromatic heterocycles. The Balaban J connectivity index is 1.73. The van der Waals surface area contributed by atoms with Gasteiger partial charge in [0.15, 0.2) is 0 Å². The first-order valence-corrected chi connectivity index (χ1v) is 6.68. The minimum absolute atomic E-state index is 0.122. The Kier molecular flexibility index (Phi) is 3.31. The highest BCUT2D eigenvalue weighted by molar-refractivity contribution is 5.94. The van der Waals surface area contributed by atoms with Gasteiger partial charge in [0.1, 0.15) is 5.82 Å². The molecule has 4 nitrogen and oxygen atoms in total. The van der Waals surface area contributed by atoms with Crippen molar-refractivity contribution in [3.05, 3.63) is 54.1 Å². The SMILES string of the molecule is O=C(c1ccccc1)N1CCCC(c2ncc[nH]2)C1. The van der Waals surface area contributed by atoms with Gasteiger partial charge in [0, 0.05) is 37.0 Å². The number of amides is 1. The molecule has 98 valence electrons. The van der Waals surface area contributed by atoms with Gasteiger partial charge in [-0.2, -0.15) is 0 Å². The van der Waals surface area contributed by atoms with E-state index in [4.69, 9.17) is 0 Å². The molecule has 1 aliphatic rings. The zero-order valence-electron chi connectivity index (χ0n) is 10.7. The number of aromatic nitrogens is 2. The third kappa shape index (κ3) is 2.52. The van der Waals surface area contributed by atoms with Crippen molar-refractivity contribution in [3.8, 4) is 0 Å². The number of nitrogens with one attached hydrogen (secondary N) is 1. The van der Waals surface area contributed by atoms with Crippen molar-refractivity contribution >= 4 is 5.91 Å². The topological polar surface area (TPSA) is 49.0 Å². The van der Waals surface area contributed by atoms with Crippen molar-refractivity contribution in [1.82, 2.24) is 14.9 Å². The standard InChI is InChI=1S/C15H17N3O/c19-15(12-5-2-1-3-6-12)18-10-4-7-13(11-18)14-16-8-9-17-14/h1-3,5-6,8-9,13H,4,7,10-11H2,(H,16,17). The highest BCUT2D eigenvalue weighted by Gasteiger charge is 2.26. The number of H-pyrrole nitrogens is 1. The van der Waals surface area contributed by atoms with E-state index in [0.717, 1.165) is 37.3 Å². The lowest BCUT2D eigenvalue weighted by Crippen LogP contribution is -2.39. The van der Waals surface area contributed by atoms with Gasteiger partial charge in [-0.05, 0) is 25.0 Å². The molecule has 1 aliphatic heterocycles. The molecular formula is C15H17N3O. The minimum atomic E-state index is 0.122. The number of aromatic amines is 1. The summed E-state index contributed by atoms with van der Waals surface area (Å²) in [6.45, 7) is 1.59. The average Bonchev–Trinajstić information content (AvgIpc) is 3.02. The van der Waals surface area contributed by atoms with Crippen LogP contribution in [0.25, 0.3) is 0 Å². The maximum atomic E-state index is 12.4. The molecule has 1 unspecified atom stereocenters. The molecule has 1 saturated heterocycles. The zero-order valence-corrected chi connectivity index (χ0v) is 10.7. The molecule has 1 N–H and O–H groups in total. The van der Waals surface area contributed by atoms with E-state index in [1.807, 2.05) is 41.4 Å². The summed E-state index contributed by atoms with van der Waals surface area (Å²) < 4.78 is 0. The second-order valence-electron chi connectivity index (χ2n) is 4.93. The van der Waals surface area contributed by atoms with Crippen LogP contribution in [0.3, 0.4) is 0 Å². The minimum Gasteiger partial charge on any atom is -0.348 e. The van der Waals surface area contributed by atoms with Crippen LogP contribution in [-0.2, 0) is 0 Å². The van der Waals surface area contributed by atoms with E-state index in [9.17, 15) is 4.79 Å². The number of piperidine rings is 1. The zero-order chi connectivity index (χ0) is 13.1. The van der Waals surface area contributed by atoms with Gasteiger partial charge in [-0.1, -0.05) is 18.2 Å². The number of imidazole rings is 1. The number of likely N-dealkylation sites (tertiary alicyclic amines) is 1. The van der Waals surface area contributed by atoms with Crippen molar-refractivity contribution in [3.63, 3.8) is 0 Å². The Morgan fingerprint density at radius 1 is 1.32 bits per heavy atom. The molecule has 0 saturated carbocycles. The molecule has 1 atom stereocenters. The Hall–Kier alpha value is -2.10. The smallest absolute Gasteiger partial charge is 0.253 e. The Morgan fingerprint density at radius 2 is 2.16 bits per heavy atom. The van der Waals surface area contributed by atoms with E-state index in [2.05, 4.69) is 9.97 Å². The summed E-state index contributed by atoms with van der Waals surface area (Å²) in [6.07, 6.45) is 5.73. The summed E-state index contributed by atoms with van der Waals surface area (Å²) in [5.74, 6) is 1.44. The van der Waals surface area contributed by atoms with Gasteiger partial charge in [0.2, 0.25) is 0 Å². The summed E-state index contributed by atoms with van der Waals surface area (Å²) in [6, 6.07) is 9.48. The van der Waals surface area contributed by atoms with Gasteiger partial charge in [0.25, 0.3) is 5.91 Å². The Labute approximate surface area is 112 Å². The maximum Gasteiger partial charge on any atom is 0.253 e. The molecular weight excluding hydrogens is 238 g/mol. The van der Waals surface area contributed by atoms with Gasteiger partial charge < -0.3 is 9.88 Å². The van der Waals surface area contributed by atoms with Crippen LogP contribution in [0.1, 0.15) is 34.9 Å². The Bertz CT molecular complexity index is 536. The predicted octanol–water partition coefficient (Wildman–Crippen LogP) is 2.43. The van der Waals surface area contributed by atoms with Gasteiger partial charge in [-0.15, -0.1) is 0 Å². The van der Waals surface area contributed by atoms with Crippen LogP contribution < -0.4 is 0 Å². The molecule has 2 heterocycles. The lowest BCUT2D eigenvalue weighted by molar-refractivity contribution is 0.0705. The first-order chi connectivity index (χ1) is 9.34. The summed E-state index contributed by atoms with van der Waals surface area (Å²) in [5, 5.41) is 0. The van der Waals surface area contributed by atoms with Crippen molar-refractivity contribution in [2.45, 2.75) is 18.8 Å². The van der Waals surface area contributed by atoms with Crippen LogP contribution in [0.15, 0.2) is 42.7 Å². The quantitative estimate of drug-likeness (QED) is 0.896. The van der Waals surface area contributed by atoms with Crippen molar-refractivity contribution in [2.24, 2.45) is 0 Å². The van der Waals surface area contributed by atoms with E-state index < -0.39 is 0 Å². The van der Waals surface area contributed by atoms with E-state index in [1.54, 1.807) is 6.20 Å². The normalized spacial score (nSPS) is 19.4. The Morgan fingerprint density at radius 3 is 2.89 bits per heavy atom. The van der Waals surface area contributed by atoms with E-state index in [1.165, 1.54) is 0 Å². The highest BCUT2D eigenvalue weighted by atomic mass is 16.2. The lowest BCUT2D eigenvalue weighted by atomic mass is 9.96. The first-order valence-electron chi connectivity index (χ1n) is 6.68. The molecule has 0 aliphatic carbocycles. The molecule has 19 heavy (non-hydrogen) atoms. The van der Waals surface area contributed by atoms with E-state index in [0.29, 0.717) is 5.92 Å². The first kappa shape index (κ1) is 12.0. The number of rotatable bonds is 2. The number of carbonyl (C=O) groups is 1. The second-order valence-corrected chi connectivity index (χ2v) is 4.93. The van der Waals surface area contributed by atoms with Crippen molar-refractivity contribution in [2.75, 3.05) is 13.1 Å². The fraction of sp³-hybridized carbons (Fsp3) is 0.333. The molecule has 1 aromatic carbocycles. The van der Waals surface area contributed by atoms with E-state index >= 15 is 0 Å². The number of carbonyl (C=O) groups excluding carboxylic acids is 1. The van der Waals surface area contributed by atoms with Gasteiger partial charge in [-0.25, -0.2) is 4.98 Å². The van der Waals surface area contributed by atoms with Crippen molar-refractivity contribution < 1.29 is 4.79 Å². The summed E-state index contributed by atoms with van der Waals surface area (Å²) in [5.41, 5.74) is 0.766. The number of benzene rings is 1. The molecule has 2 aromatic rings. The average molecular weight is 255 g/mol. The molecule has 4 heteroatoms. The van der Waals surface area contributed by atoms with Crippen LogP contribution in [0.4, 0.5) is 0 Å². The third-order valence-corrected chi connectivity index (χ3v) is 3.64. The summed E-state index contributed by atoms with van der Waals surface area (Å²) in [7, 11) is 0. The maximum absolute atomic E-state index is 12.4. The fourth-order valence-electron chi connectivity index (χ4n) is 2.65. The largest absolute Gasteiger partial charge is 0.348 e. The van der Waals surface area contributed by atoms with Crippen molar-refractivity contribution in [1.29, 1.82) is 0 Å². The van der Waals surface area contributed by atoms with Crippen LogP contribution in [0.2, 0.25) is 0 Å². The van der Waals surface area contributed by atoms with Gasteiger partial charge >= 0.3 is 0 Å². The molecule has 3 rings (SSSR count). The molecule has 1 amide bonds. The van der Waals surface area contributed by atoms with Gasteiger partial charge in [-0.3, -0.25) is 4.79 Å². The third-order valence-electron chi connectivity index (χ3n) is 3.64. The number of hydrogen-bond donors (Lipinski definition) is 1. The molecule has 1 fully saturated rings. The summed E-state index contributed by atoms with van der Waals surface area (Å²) >= 11 is 0. The van der Waals surface area contributed by atoms with E-state index in [-0.39, 0.29) is 5.91 Å². The molecule has 0 spiro atoms. The highest BCUT2D eigenvalue weighted by Crippen LogP contribution is 2.25. The van der Waals surface area contributed by atoms with Gasteiger partial charge in [0.05, 0.1) is 0 Å².